The third kappa shape index (κ3) is 2.93. The van der Waals surface area contributed by atoms with Gasteiger partial charge in [0.2, 0.25) is 0 Å². The molecule has 0 fully saturated rings. The average molecular weight is 334 g/mol. The van der Waals surface area contributed by atoms with Crippen molar-refractivity contribution in [2.75, 3.05) is 27.9 Å². The van der Waals surface area contributed by atoms with E-state index < -0.39 is 11.9 Å². The summed E-state index contributed by atoms with van der Waals surface area (Å²) >= 11 is 3.31. The maximum absolute atomic E-state index is 11.3. The average Bonchev–Trinajstić information content (AvgIpc) is 2.38. The fourth-order valence-electron chi connectivity index (χ4n) is 1.84. The van der Waals surface area contributed by atoms with Crippen LogP contribution in [0.3, 0.4) is 0 Å². The van der Waals surface area contributed by atoms with Crippen molar-refractivity contribution in [3.05, 3.63) is 16.1 Å². The molecule has 0 amide bonds. The van der Waals surface area contributed by atoms with Crippen molar-refractivity contribution in [3.63, 3.8) is 0 Å². The molecule has 1 atom stereocenters. The van der Waals surface area contributed by atoms with Crippen LogP contribution in [-0.4, -0.2) is 38.9 Å². The van der Waals surface area contributed by atoms with Crippen molar-refractivity contribution >= 4 is 21.9 Å². The summed E-state index contributed by atoms with van der Waals surface area (Å²) in [6, 6.07) is 1.65. The third-order valence-electron chi connectivity index (χ3n) is 2.70. The van der Waals surface area contributed by atoms with E-state index in [1.807, 2.05) is 0 Å². The van der Waals surface area contributed by atoms with E-state index >= 15 is 0 Å². The van der Waals surface area contributed by atoms with Crippen molar-refractivity contribution < 1.29 is 24.1 Å². The highest BCUT2D eigenvalue weighted by atomic mass is 79.9. The lowest BCUT2D eigenvalue weighted by atomic mass is 9.96. The number of halogens is 1. The number of methoxy groups -OCH3 is 3. The zero-order valence-corrected chi connectivity index (χ0v) is 12.5. The normalized spacial score (nSPS) is 11.8. The van der Waals surface area contributed by atoms with Gasteiger partial charge in [-0.1, -0.05) is 0 Å². The van der Waals surface area contributed by atoms with Gasteiger partial charge in [-0.15, -0.1) is 0 Å². The Labute approximate surface area is 119 Å². The summed E-state index contributed by atoms with van der Waals surface area (Å²) in [5.41, 5.74) is 5.90. The molecule has 1 rings (SSSR count). The Morgan fingerprint density at radius 3 is 2.26 bits per heavy atom. The Hall–Kier alpha value is -1.47. The summed E-state index contributed by atoms with van der Waals surface area (Å²) in [6.45, 7) is -0.0817. The van der Waals surface area contributed by atoms with E-state index in [1.165, 1.54) is 21.3 Å². The van der Waals surface area contributed by atoms with E-state index in [9.17, 15) is 9.90 Å². The maximum Gasteiger partial charge on any atom is 0.312 e. The Morgan fingerprint density at radius 2 is 1.89 bits per heavy atom. The molecule has 0 radical (unpaired) electrons. The Morgan fingerprint density at radius 1 is 1.32 bits per heavy atom. The van der Waals surface area contributed by atoms with Crippen LogP contribution < -0.4 is 19.9 Å². The summed E-state index contributed by atoms with van der Waals surface area (Å²) < 4.78 is 16.3. The minimum Gasteiger partial charge on any atom is -0.495 e. The lowest BCUT2D eigenvalue weighted by Gasteiger charge is -2.21. The van der Waals surface area contributed by atoms with Crippen LogP contribution in [0.25, 0.3) is 0 Å². The van der Waals surface area contributed by atoms with Crippen LogP contribution in [0.2, 0.25) is 0 Å². The van der Waals surface area contributed by atoms with Gasteiger partial charge in [-0.2, -0.15) is 0 Å². The van der Waals surface area contributed by atoms with Crippen LogP contribution in [0.1, 0.15) is 11.5 Å². The number of ether oxygens (including phenoxy) is 3. The molecule has 1 aromatic carbocycles. The highest BCUT2D eigenvalue weighted by molar-refractivity contribution is 9.10. The van der Waals surface area contributed by atoms with Gasteiger partial charge in [0, 0.05) is 12.6 Å². The summed E-state index contributed by atoms with van der Waals surface area (Å²) in [6.07, 6.45) is 0. The van der Waals surface area contributed by atoms with Gasteiger partial charge in [0.05, 0.1) is 31.4 Å². The standard InChI is InChI=1S/C12H16BrNO5/c1-17-8-4-7(13)10(18-2)9(11(8)19-3)6(5-14)12(15)16/h4,6H,5,14H2,1-3H3,(H,15,16). The minimum atomic E-state index is -1.06. The minimum absolute atomic E-state index is 0.0817. The number of aliphatic carboxylic acids is 1. The van der Waals surface area contributed by atoms with Crippen LogP contribution in [0.15, 0.2) is 10.5 Å². The molecule has 0 spiro atoms. The lowest BCUT2D eigenvalue weighted by molar-refractivity contribution is -0.138. The first-order valence-corrected chi connectivity index (χ1v) is 6.22. The molecule has 0 bridgehead atoms. The third-order valence-corrected chi connectivity index (χ3v) is 3.29. The number of carboxylic acid groups (broad SMARTS) is 1. The van der Waals surface area contributed by atoms with Crippen LogP contribution in [0.4, 0.5) is 0 Å². The molecule has 0 saturated heterocycles. The molecule has 0 aliphatic carbocycles. The number of hydrogen-bond donors (Lipinski definition) is 2. The Kier molecular flexibility index (Phi) is 5.44. The predicted octanol–water partition coefficient (Wildman–Crippen LogP) is 1.60. The van der Waals surface area contributed by atoms with Crippen LogP contribution >= 0.6 is 15.9 Å². The molecule has 6 nitrogen and oxygen atoms in total. The van der Waals surface area contributed by atoms with Gasteiger partial charge in [0.1, 0.15) is 11.7 Å². The summed E-state index contributed by atoms with van der Waals surface area (Å²) in [5.74, 6) is -0.920. The van der Waals surface area contributed by atoms with Crippen LogP contribution in [-0.2, 0) is 4.79 Å². The highest BCUT2D eigenvalue weighted by Crippen LogP contribution is 2.46. The smallest absolute Gasteiger partial charge is 0.312 e. The molecule has 7 heteroatoms. The number of benzene rings is 1. The molecular weight excluding hydrogens is 318 g/mol. The first-order chi connectivity index (χ1) is 9.01. The largest absolute Gasteiger partial charge is 0.495 e. The highest BCUT2D eigenvalue weighted by Gasteiger charge is 2.30. The molecule has 0 saturated carbocycles. The molecule has 0 heterocycles. The van der Waals surface area contributed by atoms with Crippen molar-refractivity contribution in [2.24, 2.45) is 5.73 Å². The summed E-state index contributed by atoms with van der Waals surface area (Å²) in [7, 11) is 4.35. The number of carboxylic acids is 1. The lowest BCUT2D eigenvalue weighted by Crippen LogP contribution is -2.22. The van der Waals surface area contributed by atoms with Gasteiger partial charge in [0.15, 0.2) is 11.5 Å². The quantitative estimate of drug-likeness (QED) is 0.821. The maximum atomic E-state index is 11.3. The number of carbonyl (C=O) groups is 1. The number of nitrogens with two attached hydrogens (primary N) is 1. The van der Waals surface area contributed by atoms with E-state index in [2.05, 4.69) is 15.9 Å². The fraction of sp³-hybridized carbons (Fsp3) is 0.417. The van der Waals surface area contributed by atoms with E-state index in [1.54, 1.807) is 6.07 Å². The second kappa shape index (κ2) is 6.63. The molecule has 3 N–H and O–H groups in total. The van der Waals surface area contributed by atoms with Gasteiger partial charge in [-0.05, 0) is 15.9 Å². The molecule has 19 heavy (non-hydrogen) atoms. The molecule has 0 aliphatic rings. The topological polar surface area (TPSA) is 91.0 Å². The molecule has 1 aromatic rings. The molecule has 0 aliphatic heterocycles. The van der Waals surface area contributed by atoms with Gasteiger partial charge in [0.25, 0.3) is 0 Å². The first-order valence-electron chi connectivity index (χ1n) is 5.43. The van der Waals surface area contributed by atoms with E-state index in [0.29, 0.717) is 27.3 Å². The van der Waals surface area contributed by atoms with E-state index in [-0.39, 0.29) is 6.54 Å². The second-order valence-electron chi connectivity index (χ2n) is 3.67. The number of rotatable bonds is 6. The van der Waals surface area contributed by atoms with Gasteiger partial charge < -0.3 is 25.1 Å². The van der Waals surface area contributed by atoms with Crippen LogP contribution in [0.5, 0.6) is 17.2 Å². The van der Waals surface area contributed by atoms with Crippen molar-refractivity contribution in [1.29, 1.82) is 0 Å². The molecular formula is C12H16BrNO5. The zero-order valence-electron chi connectivity index (χ0n) is 10.9. The van der Waals surface area contributed by atoms with E-state index in [4.69, 9.17) is 19.9 Å². The van der Waals surface area contributed by atoms with Crippen LogP contribution in [0, 0.1) is 0 Å². The van der Waals surface area contributed by atoms with Crippen molar-refractivity contribution in [1.82, 2.24) is 0 Å². The summed E-state index contributed by atoms with van der Waals surface area (Å²) in [4.78, 5) is 11.3. The van der Waals surface area contributed by atoms with Crippen molar-refractivity contribution in [2.45, 2.75) is 5.92 Å². The van der Waals surface area contributed by atoms with Gasteiger partial charge in [-0.3, -0.25) is 4.79 Å². The van der Waals surface area contributed by atoms with Gasteiger partial charge >= 0.3 is 5.97 Å². The monoisotopic (exact) mass is 333 g/mol. The van der Waals surface area contributed by atoms with Crippen molar-refractivity contribution in [3.8, 4) is 17.2 Å². The van der Waals surface area contributed by atoms with E-state index in [0.717, 1.165) is 0 Å². The molecule has 106 valence electrons. The SMILES string of the molecule is COc1cc(Br)c(OC)c(C(CN)C(=O)O)c1OC. The Balaban J connectivity index is 3.64. The fourth-order valence-corrected chi connectivity index (χ4v) is 2.42. The molecule has 1 unspecified atom stereocenters. The Bertz CT molecular complexity index is 478. The zero-order chi connectivity index (χ0) is 14.6. The predicted molar refractivity (Wildman–Crippen MR) is 73.2 cm³/mol. The van der Waals surface area contributed by atoms with Gasteiger partial charge in [-0.25, -0.2) is 0 Å². The molecule has 0 aromatic heterocycles. The number of hydrogen-bond acceptors (Lipinski definition) is 5. The second-order valence-corrected chi connectivity index (χ2v) is 4.52. The summed E-state index contributed by atoms with van der Waals surface area (Å²) in [5, 5.41) is 9.27. The first kappa shape index (κ1) is 15.6.